The van der Waals surface area contributed by atoms with Gasteiger partial charge in [0.25, 0.3) is 0 Å². The molecule has 0 fully saturated rings. The Bertz CT molecular complexity index is 180. The van der Waals surface area contributed by atoms with Crippen LogP contribution in [0.5, 0.6) is 0 Å². The summed E-state index contributed by atoms with van der Waals surface area (Å²) >= 11 is 3.45. The molecular formula is C15H29BrO. The molecular weight excluding hydrogens is 276 g/mol. The van der Waals surface area contributed by atoms with Gasteiger partial charge in [0.1, 0.15) is 5.78 Å². The van der Waals surface area contributed by atoms with Crippen LogP contribution in [0.3, 0.4) is 0 Å². The van der Waals surface area contributed by atoms with Gasteiger partial charge < -0.3 is 0 Å². The molecule has 0 aliphatic heterocycles. The molecule has 2 heteroatoms. The average molecular weight is 305 g/mol. The third-order valence-electron chi connectivity index (χ3n) is 3.42. The van der Waals surface area contributed by atoms with Gasteiger partial charge in [0.15, 0.2) is 0 Å². The van der Waals surface area contributed by atoms with Crippen molar-refractivity contribution in [3.63, 3.8) is 0 Å². The number of alkyl halides is 1. The molecule has 0 N–H and O–H groups in total. The van der Waals surface area contributed by atoms with E-state index in [-0.39, 0.29) is 0 Å². The number of Topliss-reactive ketones (excluding diaryl/α,β-unsaturated/α-hetero) is 1. The molecule has 0 aliphatic carbocycles. The van der Waals surface area contributed by atoms with Crippen LogP contribution in [-0.2, 0) is 4.79 Å². The Labute approximate surface area is 116 Å². The van der Waals surface area contributed by atoms with Crippen LogP contribution in [0.2, 0.25) is 0 Å². The first-order chi connectivity index (χ1) is 8.22. The SMILES string of the molecule is CCCCCCC(CCCCCCBr)C(C)=O. The molecule has 1 nitrogen and oxygen atoms in total. The Kier molecular flexibility index (Phi) is 12.7. The number of hydrogen-bond acceptors (Lipinski definition) is 1. The summed E-state index contributed by atoms with van der Waals surface area (Å²) in [6, 6.07) is 0. The third kappa shape index (κ3) is 11.0. The van der Waals surface area contributed by atoms with Crippen LogP contribution in [0.25, 0.3) is 0 Å². The first-order valence-corrected chi connectivity index (χ1v) is 8.41. The fourth-order valence-corrected chi connectivity index (χ4v) is 2.60. The van der Waals surface area contributed by atoms with Crippen LogP contribution in [0.4, 0.5) is 0 Å². The molecule has 0 aliphatic rings. The van der Waals surface area contributed by atoms with Crippen molar-refractivity contribution >= 4 is 21.7 Å². The minimum Gasteiger partial charge on any atom is -0.300 e. The number of unbranched alkanes of at least 4 members (excludes halogenated alkanes) is 6. The van der Waals surface area contributed by atoms with E-state index in [1.165, 1.54) is 51.4 Å². The molecule has 17 heavy (non-hydrogen) atoms. The smallest absolute Gasteiger partial charge is 0.132 e. The molecule has 0 rings (SSSR count). The molecule has 0 heterocycles. The standard InChI is InChI=1S/C15H29BrO/c1-3-4-5-8-11-15(14(2)17)12-9-6-7-10-13-16/h15H,3-13H2,1-2H3. The van der Waals surface area contributed by atoms with Gasteiger partial charge in [-0.15, -0.1) is 0 Å². The zero-order valence-electron chi connectivity index (χ0n) is 11.6. The van der Waals surface area contributed by atoms with Crippen LogP contribution in [0, 0.1) is 5.92 Å². The lowest BCUT2D eigenvalue weighted by Gasteiger charge is -2.13. The number of rotatable bonds is 12. The lowest BCUT2D eigenvalue weighted by molar-refractivity contribution is -0.121. The van der Waals surface area contributed by atoms with Gasteiger partial charge in [-0.05, 0) is 26.2 Å². The molecule has 1 unspecified atom stereocenters. The van der Waals surface area contributed by atoms with Crippen molar-refractivity contribution in [1.82, 2.24) is 0 Å². The van der Waals surface area contributed by atoms with E-state index in [2.05, 4.69) is 22.9 Å². The summed E-state index contributed by atoms with van der Waals surface area (Å²) in [5.74, 6) is 0.748. The van der Waals surface area contributed by atoms with Crippen LogP contribution in [-0.4, -0.2) is 11.1 Å². The molecule has 0 bridgehead atoms. The van der Waals surface area contributed by atoms with Gasteiger partial charge in [-0.25, -0.2) is 0 Å². The number of carbonyl (C=O) groups excluding carboxylic acids is 1. The predicted molar refractivity (Wildman–Crippen MR) is 79.8 cm³/mol. The van der Waals surface area contributed by atoms with Crippen LogP contribution >= 0.6 is 15.9 Å². The summed E-state index contributed by atoms with van der Waals surface area (Å²) in [6.07, 6.45) is 12.4. The van der Waals surface area contributed by atoms with E-state index in [0.717, 1.165) is 18.2 Å². The minimum atomic E-state index is 0.343. The number of ketones is 1. The van der Waals surface area contributed by atoms with Gasteiger partial charge in [0.05, 0.1) is 0 Å². The Morgan fingerprint density at radius 1 is 0.941 bits per heavy atom. The van der Waals surface area contributed by atoms with Crippen molar-refractivity contribution < 1.29 is 4.79 Å². The second-order valence-electron chi connectivity index (χ2n) is 5.05. The van der Waals surface area contributed by atoms with E-state index in [9.17, 15) is 4.79 Å². The first kappa shape index (κ1) is 17.2. The normalized spacial score (nSPS) is 12.6. The molecule has 1 atom stereocenters. The zero-order chi connectivity index (χ0) is 12.9. The third-order valence-corrected chi connectivity index (χ3v) is 3.98. The Balaban J connectivity index is 3.57. The topological polar surface area (TPSA) is 17.1 Å². The summed E-state index contributed by atoms with van der Waals surface area (Å²) in [4.78, 5) is 11.5. The number of hydrogen-bond donors (Lipinski definition) is 0. The van der Waals surface area contributed by atoms with E-state index in [1.807, 2.05) is 0 Å². The van der Waals surface area contributed by atoms with Crippen molar-refractivity contribution in [3.8, 4) is 0 Å². The lowest BCUT2D eigenvalue weighted by Crippen LogP contribution is -2.10. The highest BCUT2D eigenvalue weighted by Gasteiger charge is 2.12. The summed E-state index contributed by atoms with van der Waals surface area (Å²) in [5, 5.41) is 1.11. The van der Waals surface area contributed by atoms with E-state index >= 15 is 0 Å². The van der Waals surface area contributed by atoms with Gasteiger partial charge >= 0.3 is 0 Å². The molecule has 0 radical (unpaired) electrons. The van der Waals surface area contributed by atoms with Crippen LogP contribution in [0.15, 0.2) is 0 Å². The van der Waals surface area contributed by atoms with E-state index < -0.39 is 0 Å². The molecule has 0 spiro atoms. The molecule has 0 saturated heterocycles. The van der Waals surface area contributed by atoms with Crippen molar-refractivity contribution in [2.75, 3.05) is 5.33 Å². The largest absolute Gasteiger partial charge is 0.300 e. The molecule has 0 saturated carbocycles. The first-order valence-electron chi connectivity index (χ1n) is 7.28. The molecule has 102 valence electrons. The lowest BCUT2D eigenvalue weighted by atomic mass is 9.91. The molecule has 0 aromatic rings. The summed E-state index contributed by atoms with van der Waals surface area (Å²) in [5.41, 5.74) is 0. The maximum atomic E-state index is 11.5. The summed E-state index contributed by atoms with van der Waals surface area (Å²) < 4.78 is 0. The Morgan fingerprint density at radius 2 is 1.47 bits per heavy atom. The molecule has 0 amide bonds. The van der Waals surface area contributed by atoms with Crippen molar-refractivity contribution in [3.05, 3.63) is 0 Å². The fraction of sp³-hybridized carbons (Fsp3) is 0.933. The predicted octanol–water partition coefficient (Wildman–Crippen LogP) is 5.51. The van der Waals surface area contributed by atoms with Gasteiger partial charge in [-0.1, -0.05) is 67.8 Å². The summed E-state index contributed by atoms with van der Waals surface area (Å²) in [6.45, 7) is 4.00. The monoisotopic (exact) mass is 304 g/mol. The van der Waals surface area contributed by atoms with Crippen LogP contribution in [0.1, 0.15) is 78.1 Å². The highest BCUT2D eigenvalue weighted by molar-refractivity contribution is 9.09. The average Bonchev–Trinajstić information content (AvgIpc) is 2.31. The highest BCUT2D eigenvalue weighted by Crippen LogP contribution is 2.19. The second kappa shape index (κ2) is 12.6. The highest BCUT2D eigenvalue weighted by atomic mass is 79.9. The minimum absolute atomic E-state index is 0.343. The maximum Gasteiger partial charge on any atom is 0.132 e. The van der Waals surface area contributed by atoms with E-state index in [1.54, 1.807) is 6.92 Å². The van der Waals surface area contributed by atoms with E-state index in [0.29, 0.717) is 11.7 Å². The van der Waals surface area contributed by atoms with E-state index in [4.69, 9.17) is 0 Å². The quantitative estimate of drug-likeness (QED) is 0.343. The van der Waals surface area contributed by atoms with Gasteiger partial charge in [-0.2, -0.15) is 0 Å². The zero-order valence-corrected chi connectivity index (χ0v) is 13.2. The van der Waals surface area contributed by atoms with Crippen LogP contribution < -0.4 is 0 Å². The fourth-order valence-electron chi connectivity index (χ4n) is 2.21. The number of halogens is 1. The Morgan fingerprint density at radius 3 is 1.94 bits per heavy atom. The molecule has 0 aromatic carbocycles. The van der Waals surface area contributed by atoms with Crippen molar-refractivity contribution in [1.29, 1.82) is 0 Å². The van der Waals surface area contributed by atoms with Crippen molar-refractivity contribution in [2.45, 2.75) is 78.1 Å². The van der Waals surface area contributed by atoms with Gasteiger partial charge in [-0.3, -0.25) is 4.79 Å². The van der Waals surface area contributed by atoms with Crippen molar-refractivity contribution in [2.24, 2.45) is 5.92 Å². The summed E-state index contributed by atoms with van der Waals surface area (Å²) in [7, 11) is 0. The maximum absolute atomic E-state index is 11.5. The molecule has 0 aromatic heterocycles. The number of carbonyl (C=O) groups is 1. The Hall–Kier alpha value is 0.150. The second-order valence-corrected chi connectivity index (χ2v) is 5.84. The van der Waals surface area contributed by atoms with Gasteiger partial charge in [0, 0.05) is 11.2 Å². The van der Waals surface area contributed by atoms with Gasteiger partial charge in [0.2, 0.25) is 0 Å².